The lowest BCUT2D eigenvalue weighted by atomic mass is 10.0. The summed E-state index contributed by atoms with van der Waals surface area (Å²) in [5.74, 6) is 0. The van der Waals surface area contributed by atoms with Crippen molar-refractivity contribution in [2.75, 3.05) is 13.2 Å². The summed E-state index contributed by atoms with van der Waals surface area (Å²) in [5.41, 5.74) is 5.88. The lowest BCUT2D eigenvalue weighted by Gasteiger charge is -2.09. The zero-order valence-electron chi connectivity index (χ0n) is 17.9. The summed E-state index contributed by atoms with van der Waals surface area (Å²) in [7, 11) is 0. The highest BCUT2D eigenvalue weighted by Crippen LogP contribution is 2.14. The molecule has 0 saturated carbocycles. The molecule has 2 nitrogen and oxygen atoms in total. The molecule has 0 atom stereocenters. The molecule has 152 valence electrons. The van der Waals surface area contributed by atoms with Gasteiger partial charge in [-0.05, 0) is 104 Å². The first-order valence-electron chi connectivity index (χ1n) is 10.5. The van der Waals surface area contributed by atoms with Gasteiger partial charge in [0.2, 0.25) is 0 Å². The van der Waals surface area contributed by atoms with Gasteiger partial charge in [0, 0.05) is 6.54 Å². The van der Waals surface area contributed by atoms with E-state index in [0.717, 1.165) is 45.1 Å². The second-order valence-corrected chi connectivity index (χ2v) is 8.17. The van der Waals surface area contributed by atoms with Gasteiger partial charge in [-0.2, -0.15) is 0 Å². The third-order valence-corrected chi connectivity index (χ3v) is 5.27. The van der Waals surface area contributed by atoms with Crippen LogP contribution in [0.2, 0.25) is 0 Å². The van der Waals surface area contributed by atoms with Crippen molar-refractivity contribution < 1.29 is 4.74 Å². The Morgan fingerprint density at radius 3 is 1.74 bits per heavy atom. The van der Waals surface area contributed by atoms with Gasteiger partial charge < -0.3 is 10.1 Å². The average Bonchev–Trinajstić information content (AvgIpc) is 2.60. The topological polar surface area (TPSA) is 21.3 Å². The average molecular weight is 390 g/mol. The van der Waals surface area contributed by atoms with Crippen molar-refractivity contribution >= 4 is 17.4 Å². The SMILES string of the molecule is C/C1=C/CC/C(C)=C/CC/C(C)=C/CC/C(C)=C/COC(=S)NCCCC1. The van der Waals surface area contributed by atoms with E-state index in [1.165, 1.54) is 41.6 Å². The molecule has 3 heteroatoms. The predicted octanol–water partition coefficient (Wildman–Crippen LogP) is 7.19. The molecule has 0 amide bonds. The number of hydrogen-bond acceptors (Lipinski definition) is 2. The molecule has 0 spiro atoms. The van der Waals surface area contributed by atoms with Gasteiger partial charge in [0.25, 0.3) is 5.17 Å². The first kappa shape index (κ1) is 23.7. The standard InChI is InChI=1S/C24H39NOS/c1-20-10-5-6-18-25-24(27)26-19-17-23(4)16-9-15-22(3)14-8-13-21(2)12-7-11-20/h11,13,15,17H,5-10,12,14,16,18-19H2,1-4H3,(H,25,27)/b20-11-,21-13+,22-15+,23-17+. The summed E-state index contributed by atoms with van der Waals surface area (Å²) < 4.78 is 5.59. The fourth-order valence-electron chi connectivity index (χ4n) is 3.08. The second-order valence-electron chi connectivity index (χ2n) is 7.80. The lowest BCUT2D eigenvalue weighted by molar-refractivity contribution is 0.340. The summed E-state index contributed by atoms with van der Waals surface area (Å²) in [4.78, 5) is 0. The molecule has 0 unspecified atom stereocenters. The van der Waals surface area contributed by atoms with E-state index in [4.69, 9.17) is 17.0 Å². The number of thiocarbonyl (C=S) groups is 1. The van der Waals surface area contributed by atoms with E-state index in [-0.39, 0.29) is 0 Å². The largest absolute Gasteiger partial charge is 0.467 e. The zero-order valence-corrected chi connectivity index (χ0v) is 18.7. The van der Waals surface area contributed by atoms with Gasteiger partial charge in [0.1, 0.15) is 6.61 Å². The Balaban J connectivity index is 2.59. The molecule has 27 heavy (non-hydrogen) atoms. The minimum absolute atomic E-state index is 0.520. The molecule has 1 aliphatic heterocycles. The quantitative estimate of drug-likeness (QED) is 0.350. The molecule has 0 radical (unpaired) electrons. The van der Waals surface area contributed by atoms with Gasteiger partial charge >= 0.3 is 0 Å². The van der Waals surface area contributed by atoms with Crippen molar-refractivity contribution in [1.82, 2.24) is 5.32 Å². The van der Waals surface area contributed by atoms with Crippen molar-refractivity contribution in [2.45, 2.75) is 85.5 Å². The summed E-state index contributed by atoms with van der Waals surface area (Å²) in [6.45, 7) is 10.4. The van der Waals surface area contributed by atoms with Gasteiger partial charge in [0.15, 0.2) is 0 Å². The molecule has 0 aromatic rings. The van der Waals surface area contributed by atoms with Crippen LogP contribution >= 0.6 is 12.2 Å². The molecule has 0 aromatic carbocycles. The lowest BCUT2D eigenvalue weighted by Crippen LogP contribution is -2.25. The molecule has 1 aliphatic rings. The van der Waals surface area contributed by atoms with Crippen LogP contribution in [0.5, 0.6) is 0 Å². The van der Waals surface area contributed by atoms with E-state index in [1.54, 1.807) is 0 Å². The maximum atomic E-state index is 5.59. The van der Waals surface area contributed by atoms with E-state index in [9.17, 15) is 0 Å². The molecule has 0 saturated heterocycles. The second kappa shape index (κ2) is 14.7. The van der Waals surface area contributed by atoms with Crippen LogP contribution in [0.4, 0.5) is 0 Å². The molecule has 1 heterocycles. The number of ether oxygens (including phenoxy) is 1. The minimum atomic E-state index is 0.520. The van der Waals surface area contributed by atoms with Gasteiger partial charge in [-0.15, -0.1) is 0 Å². The molecule has 0 aromatic heterocycles. The fraction of sp³-hybridized carbons (Fsp3) is 0.625. The summed E-state index contributed by atoms with van der Waals surface area (Å²) in [6.07, 6.45) is 19.7. The Bertz CT molecular complexity index is 569. The van der Waals surface area contributed by atoms with Crippen LogP contribution in [-0.4, -0.2) is 18.3 Å². The van der Waals surface area contributed by atoms with Crippen LogP contribution in [0.25, 0.3) is 0 Å². The smallest absolute Gasteiger partial charge is 0.256 e. The van der Waals surface area contributed by atoms with E-state index in [1.807, 2.05) is 0 Å². The highest BCUT2D eigenvalue weighted by atomic mass is 32.1. The van der Waals surface area contributed by atoms with Crippen LogP contribution < -0.4 is 5.32 Å². The number of hydrogen-bond donors (Lipinski definition) is 1. The summed E-state index contributed by atoms with van der Waals surface area (Å²) in [5, 5.41) is 3.72. The molecule has 1 N–H and O–H groups in total. The Morgan fingerprint density at radius 2 is 1.19 bits per heavy atom. The number of nitrogens with one attached hydrogen (secondary N) is 1. The number of rotatable bonds is 0. The molecule has 1 rings (SSSR count). The van der Waals surface area contributed by atoms with Crippen molar-refractivity contribution in [3.8, 4) is 0 Å². The third-order valence-electron chi connectivity index (χ3n) is 5.01. The minimum Gasteiger partial charge on any atom is -0.467 e. The summed E-state index contributed by atoms with van der Waals surface area (Å²) >= 11 is 5.24. The van der Waals surface area contributed by atoms with Crippen LogP contribution in [0.3, 0.4) is 0 Å². The zero-order chi connectivity index (χ0) is 19.9. The van der Waals surface area contributed by atoms with Gasteiger partial charge in [-0.3, -0.25) is 0 Å². The maximum Gasteiger partial charge on any atom is 0.256 e. The monoisotopic (exact) mass is 389 g/mol. The van der Waals surface area contributed by atoms with Crippen LogP contribution in [0.15, 0.2) is 46.6 Å². The molecule has 0 fully saturated rings. The van der Waals surface area contributed by atoms with Crippen LogP contribution in [-0.2, 0) is 4.74 Å². The van der Waals surface area contributed by atoms with E-state index in [0.29, 0.717) is 11.8 Å². The van der Waals surface area contributed by atoms with Gasteiger partial charge in [0.05, 0.1) is 0 Å². The maximum absolute atomic E-state index is 5.59. The molecule has 0 bridgehead atoms. The third kappa shape index (κ3) is 13.5. The Morgan fingerprint density at radius 1 is 0.704 bits per heavy atom. The first-order chi connectivity index (χ1) is 13.0. The first-order valence-corrected chi connectivity index (χ1v) is 10.9. The van der Waals surface area contributed by atoms with Crippen molar-refractivity contribution in [1.29, 1.82) is 0 Å². The van der Waals surface area contributed by atoms with Crippen molar-refractivity contribution in [2.24, 2.45) is 0 Å². The van der Waals surface area contributed by atoms with Crippen LogP contribution in [0, 0.1) is 0 Å². The normalized spacial score (nSPS) is 28.2. The van der Waals surface area contributed by atoms with E-state index >= 15 is 0 Å². The highest BCUT2D eigenvalue weighted by molar-refractivity contribution is 7.80. The Hall–Kier alpha value is -1.35. The summed E-state index contributed by atoms with van der Waals surface area (Å²) in [6, 6.07) is 0. The predicted molar refractivity (Wildman–Crippen MR) is 123 cm³/mol. The fourth-order valence-corrected chi connectivity index (χ4v) is 3.25. The van der Waals surface area contributed by atoms with Crippen molar-refractivity contribution in [3.05, 3.63) is 46.6 Å². The van der Waals surface area contributed by atoms with E-state index in [2.05, 4.69) is 57.3 Å². The highest BCUT2D eigenvalue weighted by Gasteiger charge is 1.98. The Labute approximate surface area is 172 Å². The molecular weight excluding hydrogens is 350 g/mol. The Kier molecular flexibility index (Phi) is 12.9. The van der Waals surface area contributed by atoms with Gasteiger partial charge in [-0.25, -0.2) is 0 Å². The number of allylic oxidation sites excluding steroid dienone is 7. The molecule has 0 aliphatic carbocycles. The molecular formula is C24H39NOS. The van der Waals surface area contributed by atoms with Crippen LogP contribution in [0.1, 0.15) is 85.5 Å². The van der Waals surface area contributed by atoms with Gasteiger partial charge in [-0.1, -0.05) is 40.5 Å². The van der Waals surface area contributed by atoms with Crippen molar-refractivity contribution in [3.63, 3.8) is 0 Å². The van der Waals surface area contributed by atoms with E-state index < -0.39 is 0 Å².